The Morgan fingerprint density at radius 1 is 1.14 bits per heavy atom. The highest BCUT2D eigenvalue weighted by Crippen LogP contribution is 2.23. The van der Waals surface area contributed by atoms with Gasteiger partial charge < -0.3 is 10.2 Å². The molecule has 0 radical (unpaired) electrons. The normalized spacial score (nSPS) is 12.2. The van der Waals surface area contributed by atoms with Gasteiger partial charge in [0.2, 0.25) is 0 Å². The van der Waals surface area contributed by atoms with Crippen LogP contribution in [-0.4, -0.2) is 18.6 Å². The van der Waals surface area contributed by atoms with Gasteiger partial charge in [0, 0.05) is 18.8 Å². The summed E-state index contributed by atoms with van der Waals surface area (Å²) in [5.41, 5.74) is 2.94. The molecule has 0 spiro atoms. The molecule has 4 heteroatoms. The second kappa shape index (κ2) is 7.18. The molecule has 1 unspecified atom stereocenters. The Morgan fingerprint density at radius 3 is 2.38 bits per heavy atom. The molecular formula is C17H22FN3. The third-order valence-corrected chi connectivity index (χ3v) is 3.52. The van der Waals surface area contributed by atoms with E-state index in [0.29, 0.717) is 0 Å². The second-order valence-electron chi connectivity index (χ2n) is 5.15. The number of hydrogen-bond acceptors (Lipinski definition) is 3. The summed E-state index contributed by atoms with van der Waals surface area (Å²) in [6.07, 6.45) is 2.96. The highest BCUT2D eigenvalue weighted by atomic mass is 19.1. The maximum atomic E-state index is 13.0. The van der Waals surface area contributed by atoms with E-state index in [9.17, 15) is 4.39 Å². The van der Waals surface area contributed by atoms with Gasteiger partial charge in [-0.25, -0.2) is 4.39 Å². The van der Waals surface area contributed by atoms with Gasteiger partial charge >= 0.3 is 0 Å². The van der Waals surface area contributed by atoms with Crippen molar-refractivity contribution in [3.63, 3.8) is 0 Å². The summed E-state index contributed by atoms with van der Waals surface area (Å²) in [7, 11) is 1.95. The van der Waals surface area contributed by atoms with Gasteiger partial charge in [-0.1, -0.05) is 6.92 Å². The molecule has 0 fully saturated rings. The molecule has 1 atom stereocenters. The van der Waals surface area contributed by atoms with Gasteiger partial charge in [-0.3, -0.25) is 4.98 Å². The monoisotopic (exact) mass is 287 g/mol. The van der Waals surface area contributed by atoms with Crippen molar-refractivity contribution in [2.75, 3.05) is 18.5 Å². The average Bonchev–Trinajstić information content (AvgIpc) is 2.53. The number of pyridine rings is 1. The average molecular weight is 287 g/mol. The van der Waals surface area contributed by atoms with Crippen LogP contribution >= 0.6 is 0 Å². The van der Waals surface area contributed by atoms with Crippen LogP contribution in [0.25, 0.3) is 0 Å². The summed E-state index contributed by atoms with van der Waals surface area (Å²) in [5.74, 6) is -0.226. The molecule has 1 N–H and O–H groups in total. The fourth-order valence-electron chi connectivity index (χ4n) is 2.13. The smallest absolute Gasteiger partial charge is 0.123 e. The van der Waals surface area contributed by atoms with Crippen LogP contribution in [0, 0.1) is 5.82 Å². The SMILES string of the molecule is CCCNC(C)c1ccc(N(C)c2ccc(F)cc2)cn1. The van der Waals surface area contributed by atoms with Crippen molar-refractivity contribution < 1.29 is 4.39 Å². The maximum absolute atomic E-state index is 13.0. The fourth-order valence-corrected chi connectivity index (χ4v) is 2.13. The number of nitrogens with one attached hydrogen (secondary N) is 1. The summed E-state index contributed by atoms with van der Waals surface area (Å²) >= 11 is 0. The number of hydrogen-bond donors (Lipinski definition) is 1. The molecule has 1 aromatic carbocycles. The minimum Gasteiger partial charge on any atom is -0.343 e. The molecule has 1 heterocycles. The Bertz CT molecular complexity index is 551. The molecule has 3 nitrogen and oxygen atoms in total. The van der Waals surface area contributed by atoms with Crippen molar-refractivity contribution in [3.05, 3.63) is 54.1 Å². The fraction of sp³-hybridized carbons (Fsp3) is 0.353. The number of halogens is 1. The van der Waals surface area contributed by atoms with Gasteiger partial charge in [0.1, 0.15) is 5.82 Å². The molecule has 0 aliphatic rings. The molecule has 0 saturated carbocycles. The quantitative estimate of drug-likeness (QED) is 0.868. The number of nitrogens with zero attached hydrogens (tertiary/aromatic N) is 2. The topological polar surface area (TPSA) is 28.2 Å². The number of rotatable bonds is 6. The van der Waals surface area contributed by atoms with Crippen molar-refractivity contribution >= 4 is 11.4 Å². The first kappa shape index (κ1) is 15.4. The standard InChI is InChI=1S/C17H22FN3/c1-4-11-19-13(2)17-10-9-16(12-20-17)21(3)15-7-5-14(18)6-8-15/h5-10,12-13,19H,4,11H2,1-3H3. The minimum absolute atomic E-state index is 0.226. The Balaban J connectivity index is 2.09. The van der Waals surface area contributed by atoms with Gasteiger partial charge in [0.25, 0.3) is 0 Å². The molecule has 21 heavy (non-hydrogen) atoms. The maximum Gasteiger partial charge on any atom is 0.123 e. The van der Waals surface area contributed by atoms with Crippen LogP contribution in [0.3, 0.4) is 0 Å². The zero-order chi connectivity index (χ0) is 15.2. The van der Waals surface area contributed by atoms with E-state index in [1.54, 1.807) is 12.1 Å². The molecule has 0 bridgehead atoms. The lowest BCUT2D eigenvalue weighted by Gasteiger charge is -2.20. The van der Waals surface area contributed by atoms with Crippen LogP contribution in [0.5, 0.6) is 0 Å². The van der Waals surface area contributed by atoms with Gasteiger partial charge in [0.05, 0.1) is 17.6 Å². The summed E-state index contributed by atoms with van der Waals surface area (Å²) in [4.78, 5) is 6.50. The Morgan fingerprint density at radius 2 is 1.81 bits per heavy atom. The Kier molecular flexibility index (Phi) is 5.28. The molecule has 0 saturated heterocycles. The third-order valence-electron chi connectivity index (χ3n) is 3.52. The third kappa shape index (κ3) is 4.02. The van der Waals surface area contributed by atoms with E-state index < -0.39 is 0 Å². The Hall–Kier alpha value is -1.94. The van der Waals surface area contributed by atoms with Crippen molar-refractivity contribution in [1.82, 2.24) is 10.3 Å². The van der Waals surface area contributed by atoms with E-state index in [1.165, 1.54) is 12.1 Å². The number of benzene rings is 1. The largest absolute Gasteiger partial charge is 0.343 e. The van der Waals surface area contributed by atoms with Crippen LogP contribution in [-0.2, 0) is 0 Å². The highest BCUT2D eigenvalue weighted by molar-refractivity contribution is 5.61. The van der Waals surface area contributed by atoms with Gasteiger partial charge in [-0.05, 0) is 56.3 Å². The van der Waals surface area contributed by atoms with Gasteiger partial charge in [-0.2, -0.15) is 0 Å². The van der Waals surface area contributed by atoms with E-state index in [0.717, 1.165) is 30.0 Å². The van der Waals surface area contributed by atoms with Crippen molar-refractivity contribution in [2.45, 2.75) is 26.3 Å². The van der Waals surface area contributed by atoms with Crippen LogP contribution in [0.2, 0.25) is 0 Å². The minimum atomic E-state index is -0.226. The van der Waals surface area contributed by atoms with Crippen LogP contribution in [0.1, 0.15) is 32.0 Å². The highest BCUT2D eigenvalue weighted by Gasteiger charge is 2.08. The molecular weight excluding hydrogens is 265 g/mol. The van der Waals surface area contributed by atoms with E-state index in [1.807, 2.05) is 30.3 Å². The first-order chi connectivity index (χ1) is 10.1. The molecule has 2 aromatic rings. The predicted molar refractivity (Wildman–Crippen MR) is 85.4 cm³/mol. The van der Waals surface area contributed by atoms with Crippen molar-refractivity contribution in [3.8, 4) is 0 Å². The lowest BCUT2D eigenvalue weighted by atomic mass is 10.2. The lowest BCUT2D eigenvalue weighted by molar-refractivity contribution is 0.558. The molecule has 0 amide bonds. The number of aromatic nitrogens is 1. The first-order valence-corrected chi connectivity index (χ1v) is 7.30. The van der Waals surface area contributed by atoms with E-state index in [-0.39, 0.29) is 11.9 Å². The summed E-state index contributed by atoms with van der Waals surface area (Å²) < 4.78 is 13.0. The zero-order valence-corrected chi connectivity index (χ0v) is 12.8. The van der Waals surface area contributed by atoms with E-state index in [2.05, 4.69) is 24.1 Å². The molecule has 2 rings (SSSR count). The molecule has 112 valence electrons. The van der Waals surface area contributed by atoms with E-state index in [4.69, 9.17) is 0 Å². The van der Waals surface area contributed by atoms with E-state index >= 15 is 0 Å². The van der Waals surface area contributed by atoms with Gasteiger partial charge in [-0.15, -0.1) is 0 Å². The molecule has 0 aliphatic heterocycles. The molecule has 1 aromatic heterocycles. The Labute approximate surface area is 125 Å². The van der Waals surface area contributed by atoms with Gasteiger partial charge in [0.15, 0.2) is 0 Å². The van der Waals surface area contributed by atoms with Crippen molar-refractivity contribution in [2.24, 2.45) is 0 Å². The second-order valence-corrected chi connectivity index (χ2v) is 5.15. The summed E-state index contributed by atoms with van der Waals surface area (Å²) in [6.45, 7) is 5.25. The summed E-state index contributed by atoms with van der Waals surface area (Å²) in [5, 5.41) is 3.42. The summed E-state index contributed by atoms with van der Waals surface area (Å²) in [6, 6.07) is 10.8. The van der Waals surface area contributed by atoms with Crippen LogP contribution in [0.15, 0.2) is 42.6 Å². The van der Waals surface area contributed by atoms with Crippen LogP contribution in [0.4, 0.5) is 15.8 Å². The van der Waals surface area contributed by atoms with Crippen molar-refractivity contribution in [1.29, 1.82) is 0 Å². The van der Waals surface area contributed by atoms with Crippen LogP contribution < -0.4 is 10.2 Å². The number of anilines is 2. The zero-order valence-electron chi connectivity index (χ0n) is 12.8. The first-order valence-electron chi connectivity index (χ1n) is 7.30. The molecule has 0 aliphatic carbocycles. The predicted octanol–water partition coefficient (Wildman–Crippen LogP) is 4.05. The lowest BCUT2D eigenvalue weighted by Crippen LogP contribution is -2.20.